The van der Waals surface area contributed by atoms with E-state index in [4.69, 9.17) is 14.2 Å². The maximum atomic E-state index is 12.4. The van der Waals surface area contributed by atoms with E-state index in [-0.39, 0.29) is 76.5 Å². The molecule has 4 fully saturated rings. The molecule has 0 radical (unpaired) electrons. The molecule has 0 amide bonds. The van der Waals surface area contributed by atoms with Crippen LogP contribution in [0.5, 0.6) is 0 Å². The molecule has 7 nitrogen and oxygen atoms in total. The Balaban J connectivity index is 1.77. The van der Waals surface area contributed by atoms with Gasteiger partial charge in [-0.25, -0.2) is 0 Å². The lowest BCUT2D eigenvalue weighted by Gasteiger charge is -2.62. The summed E-state index contributed by atoms with van der Waals surface area (Å²) in [4.78, 5) is 48.3. The lowest BCUT2D eigenvalue weighted by Crippen LogP contribution is -2.62. The van der Waals surface area contributed by atoms with Crippen LogP contribution in [0.4, 0.5) is 0 Å². The van der Waals surface area contributed by atoms with Crippen molar-refractivity contribution in [3.8, 4) is 0 Å². The molecule has 32 heavy (non-hydrogen) atoms. The smallest absolute Gasteiger partial charge is 0.302 e. The highest BCUT2D eigenvalue weighted by Gasteiger charge is 2.67. The Morgan fingerprint density at radius 1 is 0.812 bits per heavy atom. The van der Waals surface area contributed by atoms with E-state index in [0.717, 1.165) is 25.7 Å². The fourth-order valence-electron chi connectivity index (χ4n) is 8.05. The fraction of sp³-hybridized carbons (Fsp3) is 0.840. The Bertz CT molecular complexity index is 821. The van der Waals surface area contributed by atoms with Gasteiger partial charge in [-0.2, -0.15) is 0 Å². The number of Topliss-reactive ketones (excluding diaryl/α,β-unsaturated/α-hetero) is 1. The van der Waals surface area contributed by atoms with E-state index in [2.05, 4.69) is 13.8 Å². The van der Waals surface area contributed by atoms with Gasteiger partial charge in [-0.15, -0.1) is 0 Å². The van der Waals surface area contributed by atoms with Gasteiger partial charge in [-0.3, -0.25) is 19.2 Å². The van der Waals surface area contributed by atoms with Crippen molar-refractivity contribution in [3.63, 3.8) is 0 Å². The molecule has 0 bridgehead atoms. The van der Waals surface area contributed by atoms with E-state index in [1.807, 2.05) is 0 Å². The van der Waals surface area contributed by atoms with Gasteiger partial charge in [0.25, 0.3) is 0 Å². The second kappa shape index (κ2) is 8.14. The van der Waals surface area contributed by atoms with Gasteiger partial charge in [0, 0.05) is 50.9 Å². The Kier molecular flexibility index (Phi) is 5.91. The van der Waals surface area contributed by atoms with Crippen LogP contribution in [0.15, 0.2) is 0 Å². The predicted octanol–water partition coefficient (Wildman–Crippen LogP) is 3.61. The van der Waals surface area contributed by atoms with Crippen LogP contribution in [0.2, 0.25) is 0 Å². The lowest BCUT2D eigenvalue weighted by molar-refractivity contribution is -0.216. The summed E-state index contributed by atoms with van der Waals surface area (Å²) in [5.41, 5.74) is -0.512. The van der Waals surface area contributed by atoms with Gasteiger partial charge in [0.2, 0.25) is 0 Å². The van der Waals surface area contributed by atoms with Gasteiger partial charge < -0.3 is 14.2 Å². The Hall–Kier alpha value is -1.92. The molecular formula is C25H36O7. The summed E-state index contributed by atoms with van der Waals surface area (Å²) in [7, 11) is 0. The number of ether oxygens (including phenoxy) is 3. The Labute approximate surface area is 189 Å². The molecule has 0 aromatic heterocycles. The minimum atomic E-state index is -0.326. The zero-order chi connectivity index (χ0) is 23.4. The molecule has 0 heterocycles. The van der Waals surface area contributed by atoms with Crippen molar-refractivity contribution < 1.29 is 33.4 Å². The summed E-state index contributed by atoms with van der Waals surface area (Å²) in [6.07, 6.45) is 3.80. The highest BCUT2D eigenvalue weighted by molar-refractivity contribution is 5.80. The molecule has 0 spiro atoms. The van der Waals surface area contributed by atoms with Crippen LogP contribution >= 0.6 is 0 Å². The van der Waals surface area contributed by atoms with E-state index >= 15 is 0 Å². The first kappa shape index (κ1) is 23.2. The van der Waals surface area contributed by atoms with Crippen molar-refractivity contribution in [3.05, 3.63) is 0 Å². The quantitative estimate of drug-likeness (QED) is 0.481. The number of fused-ring (bicyclic) bond motifs is 5. The minimum Gasteiger partial charge on any atom is -0.462 e. The molecular weight excluding hydrogens is 412 g/mol. The van der Waals surface area contributed by atoms with E-state index in [9.17, 15) is 19.2 Å². The van der Waals surface area contributed by atoms with Gasteiger partial charge in [-0.05, 0) is 49.4 Å². The minimum absolute atomic E-state index is 0.0166. The highest BCUT2D eigenvalue weighted by Crippen LogP contribution is 2.67. The Morgan fingerprint density at radius 3 is 2.06 bits per heavy atom. The van der Waals surface area contributed by atoms with Crippen molar-refractivity contribution in [1.29, 1.82) is 0 Å². The van der Waals surface area contributed by atoms with Crippen LogP contribution in [-0.2, 0) is 33.4 Å². The lowest BCUT2D eigenvalue weighted by atomic mass is 9.44. The molecule has 7 heteroatoms. The van der Waals surface area contributed by atoms with Gasteiger partial charge in [0.1, 0.15) is 24.1 Å². The number of rotatable bonds is 3. The molecule has 0 N–H and O–H groups in total. The third kappa shape index (κ3) is 3.75. The monoisotopic (exact) mass is 448 g/mol. The summed E-state index contributed by atoms with van der Waals surface area (Å²) in [6.45, 7) is 8.69. The SMILES string of the molecule is CC(=O)OC1CC2C(C[C@H](OC(C)=O)[C@H]3CC(=O)CCC23C)C2[C@@H](OC(C)=O)CCC12C. The summed E-state index contributed by atoms with van der Waals surface area (Å²) in [5.74, 6) is -0.355. The van der Waals surface area contributed by atoms with Crippen molar-refractivity contribution in [2.75, 3.05) is 0 Å². The molecule has 4 aliphatic carbocycles. The average Bonchev–Trinajstić information content (AvgIpc) is 3.00. The molecule has 6 unspecified atom stereocenters. The van der Waals surface area contributed by atoms with Crippen molar-refractivity contribution in [2.24, 2.45) is 34.5 Å². The number of hydrogen-bond acceptors (Lipinski definition) is 7. The second-order valence-electron chi connectivity index (χ2n) is 11.1. The van der Waals surface area contributed by atoms with Gasteiger partial charge in [0.15, 0.2) is 0 Å². The van der Waals surface area contributed by atoms with Crippen molar-refractivity contribution >= 4 is 23.7 Å². The normalized spacial score (nSPS) is 45.2. The zero-order valence-corrected chi connectivity index (χ0v) is 19.8. The summed E-state index contributed by atoms with van der Waals surface area (Å²) >= 11 is 0. The molecule has 0 aliphatic heterocycles. The summed E-state index contributed by atoms with van der Waals surface area (Å²) in [5, 5.41) is 0. The summed E-state index contributed by atoms with van der Waals surface area (Å²) in [6, 6.07) is 0. The van der Waals surface area contributed by atoms with Crippen LogP contribution in [0.25, 0.3) is 0 Å². The molecule has 0 saturated heterocycles. The third-order valence-corrected chi connectivity index (χ3v) is 9.29. The van der Waals surface area contributed by atoms with Gasteiger partial charge in [0.05, 0.1) is 0 Å². The van der Waals surface area contributed by atoms with E-state index in [0.29, 0.717) is 19.3 Å². The molecule has 4 rings (SSSR count). The standard InChI is InChI=1S/C25H36O7/c1-13(26)30-20-7-9-25(5)22(32-15(3)28)12-18-17(23(20)25)11-21(31-14(2)27)19-10-16(29)6-8-24(18,19)4/h17-23H,6-12H2,1-5H3/t17?,18?,19-,20+,21+,22?,23?,24?,25?/m1/s1. The van der Waals surface area contributed by atoms with Crippen LogP contribution < -0.4 is 0 Å². The molecule has 4 aliphatic rings. The number of esters is 3. The molecule has 9 atom stereocenters. The predicted molar refractivity (Wildman–Crippen MR) is 114 cm³/mol. The van der Waals surface area contributed by atoms with E-state index in [1.165, 1.54) is 20.8 Å². The van der Waals surface area contributed by atoms with Crippen LogP contribution in [0.1, 0.15) is 79.6 Å². The topological polar surface area (TPSA) is 96.0 Å². The van der Waals surface area contributed by atoms with Crippen LogP contribution in [0, 0.1) is 34.5 Å². The van der Waals surface area contributed by atoms with E-state index in [1.54, 1.807) is 0 Å². The number of hydrogen-bond donors (Lipinski definition) is 0. The first-order valence-electron chi connectivity index (χ1n) is 12.0. The second-order valence-corrected chi connectivity index (χ2v) is 11.1. The highest BCUT2D eigenvalue weighted by atomic mass is 16.6. The molecule has 178 valence electrons. The van der Waals surface area contributed by atoms with Crippen molar-refractivity contribution in [2.45, 2.75) is 97.9 Å². The van der Waals surface area contributed by atoms with Crippen LogP contribution in [-0.4, -0.2) is 42.0 Å². The van der Waals surface area contributed by atoms with Crippen LogP contribution in [0.3, 0.4) is 0 Å². The maximum Gasteiger partial charge on any atom is 0.302 e. The first-order chi connectivity index (χ1) is 15.0. The van der Waals surface area contributed by atoms with E-state index < -0.39 is 0 Å². The number of ketones is 1. The van der Waals surface area contributed by atoms with Crippen molar-refractivity contribution in [1.82, 2.24) is 0 Å². The zero-order valence-electron chi connectivity index (χ0n) is 19.8. The fourth-order valence-corrected chi connectivity index (χ4v) is 8.05. The van der Waals surface area contributed by atoms with Gasteiger partial charge in [-0.1, -0.05) is 13.8 Å². The van der Waals surface area contributed by atoms with Gasteiger partial charge >= 0.3 is 17.9 Å². The Morgan fingerprint density at radius 2 is 1.44 bits per heavy atom. The summed E-state index contributed by atoms with van der Waals surface area (Å²) < 4.78 is 17.6. The molecule has 0 aromatic rings. The third-order valence-electron chi connectivity index (χ3n) is 9.29. The number of carbonyl (C=O) groups excluding carboxylic acids is 4. The molecule has 4 saturated carbocycles. The molecule has 0 aromatic carbocycles. The maximum absolute atomic E-state index is 12.4. The first-order valence-corrected chi connectivity index (χ1v) is 12.0. The largest absolute Gasteiger partial charge is 0.462 e. The average molecular weight is 449 g/mol. The number of carbonyl (C=O) groups is 4.